The number of hydrogen-bond donors (Lipinski definition) is 4. The van der Waals surface area contributed by atoms with Crippen LogP contribution in [0, 0.1) is 25.0 Å². The summed E-state index contributed by atoms with van der Waals surface area (Å²) in [6, 6.07) is 0.954. The van der Waals surface area contributed by atoms with Crippen LogP contribution in [0.3, 0.4) is 0 Å². The predicted octanol–water partition coefficient (Wildman–Crippen LogP) is 6.15. The Hall–Kier alpha value is -4.20. The Morgan fingerprint density at radius 2 is 1.25 bits per heavy atom. The van der Waals surface area contributed by atoms with Crippen LogP contribution < -0.4 is 67.8 Å². The van der Waals surface area contributed by atoms with Crippen molar-refractivity contribution in [1.29, 1.82) is 0 Å². The van der Waals surface area contributed by atoms with Crippen molar-refractivity contribution in [3.05, 3.63) is 96.0 Å². The first-order chi connectivity index (χ1) is 31.6. The van der Waals surface area contributed by atoms with Crippen molar-refractivity contribution in [3.8, 4) is 0 Å². The molecule has 0 aliphatic rings. The van der Waals surface area contributed by atoms with E-state index in [0.717, 1.165) is 34.7 Å². The van der Waals surface area contributed by atoms with E-state index in [0.29, 0.717) is 40.3 Å². The largest absolute Gasteiger partial charge is 1.00 e. The van der Waals surface area contributed by atoms with E-state index in [1.165, 1.54) is 19.0 Å². The van der Waals surface area contributed by atoms with Gasteiger partial charge in [0.05, 0.1) is 34.1 Å². The molecule has 7 rings (SSSR count). The van der Waals surface area contributed by atoms with Gasteiger partial charge in [0, 0.05) is 30.8 Å². The first-order valence-electron chi connectivity index (χ1n) is 19.4. The van der Waals surface area contributed by atoms with Crippen molar-refractivity contribution >= 4 is 141 Å². The molecule has 0 aliphatic carbocycles. The molecule has 0 radical (unpaired) electrons. The molecule has 32 heteroatoms. The molecule has 368 valence electrons. The van der Waals surface area contributed by atoms with E-state index < -0.39 is 9.85 Å². The number of thiol groups is 1. The third kappa shape index (κ3) is 22.2. The zero-order chi connectivity index (χ0) is 50.4. The van der Waals surface area contributed by atoms with Crippen LogP contribution in [0.2, 0.25) is 21.0 Å². The molecule has 0 unspecified atom stereocenters. The van der Waals surface area contributed by atoms with Crippen molar-refractivity contribution in [2.24, 2.45) is 0 Å². The number of imidazole rings is 2. The van der Waals surface area contributed by atoms with Gasteiger partial charge in [-0.2, -0.15) is 9.97 Å². The minimum Gasteiger partial charge on any atom is -0.813 e. The molecule has 7 heterocycles. The van der Waals surface area contributed by atoms with Crippen LogP contribution >= 0.6 is 70.8 Å². The van der Waals surface area contributed by atoms with Gasteiger partial charge in [0.1, 0.15) is 42.4 Å². The van der Waals surface area contributed by atoms with Crippen molar-refractivity contribution < 1.29 is 66.0 Å². The second-order valence-electron chi connectivity index (χ2n) is 13.9. The minimum absolute atomic E-state index is 0. The standard InChI is InChI=1S/C8H9ClN4.C8H10N4S.C7H9ClN4O2.C7H12N4.C4HCl2N3O2.C3H5OS.K.H2S/c1-5(2)13-7-6(12-8(13)9)3-10-4-11-7;1-5(2)12-7-6(11-8(12)13)3-9-4-10-7;1-4(2)10-6-5(12(13)14)3-9-7(8)11-6;1-5(2)11-7-6(8)3-9-4-10-7;5-3-2(9(10)11)1-7-4(6)8-3;1-2-4-3-5;;/h3-5H,1-2H3;3-5H,1-2H3,(H,11,13);3-4H,1-2H3,(H,9,10,11);3-5H,8H2,1-2H3,(H,9,10,11);1H;2H2,1H3;;1H2/q;;;;;-1;+1;/p-1. The third-order valence-electron chi connectivity index (χ3n) is 7.35. The maximum absolute atomic E-state index is 10.6. The fourth-order valence-corrected chi connectivity index (χ4v) is 6.15. The van der Waals surface area contributed by atoms with E-state index in [-0.39, 0.29) is 110 Å². The summed E-state index contributed by atoms with van der Waals surface area (Å²) in [5.41, 5.74) is 11.0. The van der Waals surface area contributed by atoms with Gasteiger partial charge >= 0.3 is 62.8 Å². The van der Waals surface area contributed by atoms with Crippen LogP contribution in [-0.4, -0.2) is 103 Å². The summed E-state index contributed by atoms with van der Waals surface area (Å²) in [6.45, 7) is 18.5. The van der Waals surface area contributed by atoms with Gasteiger partial charge in [-0.25, -0.2) is 50.4 Å². The summed E-state index contributed by atoms with van der Waals surface area (Å²) in [5, 5.41) is 26.7. The number of ether oxygens (including phenoxy) is 1. The zero-order valence-electron chi connectivity index (χ0n) is 38.7. The molecule has 7 aromatic rings. The Kier molecular flexibility index (Phi) is 31.4. The molecule has 7 aromatic heterocycles. The van der Waals surface area contributed by atoms with Gasteiger partial charge in [-0.3, -0.25) is 29.4 Å². The summed E-state index contributed by atoms with van der Waals surface area (Å²) in [6.07, 6.45) is 11.5. The van der Waals surface area contributed by atoms with Gasteiger partial charge in [0.25, 0.3) is 0 Å². The molecule has 0 spiro atoms. The van der Waals surface area contributed by atoms with Crippen molar-refractivity contribution in [1.82, 2.24) is 68.9 Å². The molecule has 0 atom stereocenters. The van der Waals surface area contributed by atoms with Crippen LogP contribution in [0.1, 0.15) is 74.4 Å². The van der Waals surface area contributed by atoms with Gasteiger partial charge in [0.15, 0.2) is 21.9 Å². The second kappa shape index (κ2) is 33.4. The molecule has 5 N–H and O–H groups in total. The molecule has 0 bridgehead atoms. The van der Waals surface area contributed by atoms with E-state index in [4.69, 9.17) is 64.4 Å². The van der Waals surface area contributed by atoms with Crippen LogP contribution in [0.4, 0.5) is 28.7 Å². The van der Waals surface area contributed by atoms with Gasteiger partial charge in [0.2, 0.25) is 26.8 Å². The number of nitro groups is 2. The third-order valence-corrected chi connectivity index (χ3v) is 8.67. The molecular formula is C37H47Cl4KN19O5S3-. The quantitative estimate of drug-likeness (QED) is 0.0114. The number of aromatic nitrogens is 14. The Bertz CT molecular complexity index is 2750. The van der Waals surface area contributed by atoms with E-state index in [2.05, 4.69) is 107 Å². The summed E-state index contributed by atoms with van der Waals surface area (Å²) >= 11 is 31.5. The fraction of sp³-hybridized carbons (Fsp3) is 0.378. The number of halogens is 4. The number of H-pyrrole nitrogens is 1. The number of rotatable bonds is 10. The van der Waals surface area contributed by atoms with Gasteiger partial charge in [-0.05, 0) is 109 Å². The number of aromatic amines is 1. The van der Waals surface area contributed by atoms with Crippen LogP contribution in [-0.2, 0) is 18.2 Å². The van der Waals surface area contributed by atoms with Gasteiger partial charge in [-0.1, -0.05) is 11.6 Å². The van der Waals surface area contributed by atoms with Crippen LogP contribution in [0.15, 0.2) is 50.0 Å². The molecule has 0 fully saturated rings. The SMILES string of the molecule is CC(C)Nc1nc(Cl)ncc1[N+](=O)[O-].CC(C)Nc1ncncc1N.CC(C)n1c(=S)[nH]c2cncnc21.CC(C)n1c(Cl)nc2cncnc21.CCO[C-]=S.O=[N+]([O-])c1cnc(Cl)nc1Cl.[K+].[SH-]. The Morgan fingerprint density at radius 1 is 0.739 bits per heavy atom. The number of thiocarbonyl (C=S) groups is 1. The van der Waals surface area contributed by atoms with E-state index in [1.807, 2.05) is 57.6 Å². The van der Waals surface area contributed by atoms with Crippen LogP contribution in [0.25, 0.3) is 22.3 Å². The van der Waals surface area contributed by atoms with Crippen molar-refractivity contribution in [2.75, 3.05) is 23.0 Å². The summed E-state index contributed by atoms with van der Waals surface area (Å²) in [4.78, 5) is 64.5. The minimum atomic E-state index is -0.682. The number of nitrogens with two attached hydrogens (primary N) is 1. The average molecular weight is 1120 g/mol. The van der Waals surface area contributed by atoms with E-state index in [9.17, 15) is 20.2 Å². The van der Waals surface area contributed by atoms with Gasteiger partial charge < -0.3 is 51.8 Å². The van der Waals surface area contributed by atoms with Gasteiger partial charge in [-0.15, -0.1) is 0 Å². The normalized spacial score (nSPS) is 9.99. The topological polar surface area (TPSA) is 313 Å². The smallest absolute Gasteiger partial charge is 0.813 e. The number of nitrogen functional groups attached to an aromatic ring is 1. The Morgan fingerprint density at radius 3 is 1.74 bits per heavy atom. The number of anilines is 3. The van der Waals surface area contributed by atoms with Crippen molar-refractivity contribution in [3.63, 3.8) is 0 Å². The Labute approximate surface area is 476 Å². The average Bonchev–Trinajstić information content (AvgIpc) is 3.78. The zero-order valence-corrected chi connectivity index (χ0v) is 47.4. The maximum atomic E-state index is 10.6. The summed E-state index contributed by atoms with van der Waals surface area (Å²) in [7, 11) is 0. The first-order valence-corrected chi connectivity index (χ1v) is 21.8. The Balaban J connectivity index is 0.000000814. The monoisotopic (exact) mass is 1110 g/mol. The second-order valence-corrected chi connectivity index (χ2v) is 15.8. The summed E-state index contributed by atoms with van der Waals surface area (Å²) in [5.74, 6) is 0.847. The maximum Gasteiger partial charge on any atom is 1.00 e. The number of nitrogens with one attached hydrogen (secondary N) is 3. The fourth-order valence-electron chi connectivity index (χ4n) is 4.75. The summed E-state index contributed by atoms with van der Waals surface area (Å²) < 4.78 is 8.95. The predicted molar refractivity (Wildman–Crippen MR) is 273 cm³/mol. The molecule has 0 aliphatic heterocycles. The van der Waals surface area contributed by atoms with Crippen molar-refractivity contribution in [2.45, 2.75) is 86.5 Å². The molecule has 0 saturated carbocycles. The van der Waals surface area contributed by atoms with E-state index >= 15 is 0 Å². The molecule has 0 amide bonds. The van der Waals surface area contributed by atoms with Crippen LogP contribution in [0.5, 0.6) is 0 Å². The number of fused-ring (bicyclic) bond motifs is 2. The molecule has 24 nitrogen and oxygen atoms in total. The molecular weight excluding hydrogens is 1070 g/mol. The molecule has 0 saturated heterocycles. The molecule has 69 heavy (non-hydrogen) atoms. The number of hydrogen-bond acceptors (Lipinski definition) is 22. The first kappa shape index (κ1) is 64.8. The molecule has 0 aromatic carbocycles. The number of nitrogens with zero attached hydrogens (tertiary/aromatic N) is 15. The van der Waals surface area contributed by atoms with E-state index in [1.54, 1.807) is 18.6 Å².